The number of carbonyl (C=O) groups excluding carboxylic acids is 3. The maximum atomic E-state index is 13.6. The number of ether oxygens (including phenoxy) is 1. The van der Waals surface area contributed by atoms with Gasteiger partial charge in [0.2, 0.25) is 11.8 Å². The fourth-order valence-electron chi connectivity index (χ4n) is 5.26. The molecule has 4 rings (SSSR count). The summed E-state index contributed by atoms with van der Waals surface area (Å²) in [5, 5.41) is 0. The monoisotopic (exact) mass is 678 g/mol. The molecule has 3 amide bonds. The Morgan fingerprint density at radius 1 is 1.00 bits per heavy atom. The van der Waals surface area contributed by atoms with Crippen LogP contribution in [0.1, 0.15) is 47.9 Å². The highest BCUT2D eigenvalue weighted by Crippen LogP contribution is 2.37. The minimum atomic E-state index is -5.06. The molecule has 0 aliphatic carbocycles. The molecule has 43 heavy (non-hydrogen) atoms. The third kappa shape index (κ3) is 7.61. The van der Waals surface area contributed by atoms with E-state index in [2.05, 4.69) is 15.9 Å². The van der Waals surface area contributed by atoms with Gasteiger partial charge in [-0.2, -0.15) is 26.3 Å². The van der Waals surface area contributed by atoms with Crippen LogP contribution in [-0.4, -0.2) is 64.4 Å². The molecule has 2 atom stereocenters. The Kier molecular flexibility index (Phi) is 9.94. The zero-order chi connectivity index (χ0) is 31.5. The first-order chi connectivity index (χ1) is 20.2. The van der Waals surface area contributed by atoms with Gasteiger partial charge in [0, 0.05) is 24.0 Å². The quantitative estimate of drug-likeness (QED) is 0.293. The molecule has 0 saturated carbocycles. The minimum absolute atomic E-state index is 0.0109. The van der Waals surface area contributed by atoms with Gasteiger partial charge in [0.15, 0.2) is 0 Å². The summed E-state index contributed by atoms with van der Waals surface area (Å²) in [5.41, 5.74) is 2.84. The van der Waals surface area contributed by atoms with E-state index >= 15 is 0 Å². The van der Waals surface area contributed by atoms with Gasteiger partial charge in [-0.3, -0.25) is 14.5 Å². The van der Waals surface area contributed by atoms with E-state index in [0.717, 1.165) is 10.0 Å². The number of nitrogens with zero attached hydrogens (tertiary/aromatic N) is 3. The number of nitrogens with two attached hydrogens (primary N) is 1. The first kappa shape index (κ1) is 32.6. The summed E-state index contributed by atoms with van der Waals surface area (Å²) >= 11 is 3.46. The molecule has 8 nitrogen and oxygen atoms in total. The van der Waals surface area contributed by atoms with Crippen molar-refractivity contribution in [2.24, 2.45) is 5.73 Å². The van der Waals surface area contributed by atoms with Crippen LogP contribution < -0.4 is 5.73 Å². The molecular formula is C28H29BrF6N4O4. The fraction of sp³-hybridized carbons (Fsp3) is 0.464. The molecule has 0 aromatic heterocycles. The molecule has 0 bridgehead atoms. The summed E-state index contributed by atoms with van der Waals surface area (Å²) in [6, 6.07) is 7.29. The third-order valence-corrected chi connectivity index (χ3v) is 8.12. The standard InChI is InChI=1S/C28H29BrF6N4O4/c29-21-6-2-1-5-18(21)14-37-15-23-38(10-8-24(40)39(23)22(25(37)41)7-3-4-9-36)26(42)43-16-17-11-19(27(30,31)32)13-20(12-17)28(33,34)35/h1-2,5-6,11-13,22-23H,3-4,7-10,14-16,36H2/t22-,23?/m0/s1. The Hall–Kier alpha value is -3.33. The molecule has 1 unspecified atom stereocenters. The summed E-state index contributed by atoms with van der Waals surface area (Å²) in [7, 11) is 0. The molecule has 2 saturated heterocycles. The Morgan fingerprint density at radius 2 is 1.65 bits per heavy atom. The predicted molar refractivity (Wildman–Crippen MR) is 145 cm³/mol. The lowest BCUT2D eigenvalue weighted by atomic mass is 9.98. The molecule has 2 N–H and O–H groups in total. The Balaban J connectivity index is 1.59. The lowest BCUT2D eigenvalue weighted by Gasteiger charge is -2.52. The number of halogens is 7. The number of fused-ring (bicyclic) bond motifs is 1. The topological polar surface area (TPSA) is 96.2 Å². The minimum Gasteiger partial charge on any atom is -0.444 e. The highest BCUT2D eigenvalue weighted by molar-refractivity contribution is 9.10. The summed E-state index contributed by atoms with van der Waals surface area (Å²) < 4.78 is 85.7. The summed E-state index contributed by atoms with van der Waals surface area (Å²) in [6.07, 6.45) is -10.8. The maximum Gasteiger partial charge on any atom is 0.416 e. The molecule has 2 fully saturated rings. The predicted octanol–water partition coefficient (Wildman–Crippen LogP) is 5.52. The van der Waals surface area contributed by atoms with E-state index < -0.39 is 54.0 Å². The van der Waals surface area contributed by atoms with Crippen LogP contribution in [0.3, 0.4) is 0 Å². The third-order valence-electron chi connectivity index (χ3n) is 7.35. The SMILES string of the molecule is NCCCC[C@H]1C(=O)N(Cc2ccccc2Br)CC2N(C(=O)OCc3cc(C(F)(F)F)cc(C(F)(F)F)c3)CCC(=O)N21. The smallest absolute Gasteiger partial charge is 0.416 e. The second kappa shape index (κ2) is 13.1. The number of hydrogen-bond donors (Lipinski definition) is 1. The van der Waals surface area contributed by atoms with Crippen molar-refractivity contribution in [3.63, 3.8) is 0 Å². The molecule has 2 heterocycles. The van der Waals surface area contributed by atoms with Gasteiger partial charge in [-0.15, -0.1) is 0 Å². The van der Waals surface area contributed by atoms with Crippen molar-refractivity contribution in [1.82, 2.24) is 14.7 Å². The van der Waals surface area contributed by atoms with E-state index in [9.17, 15) is 40.7 Å². The molecule has 0 radical (unpaired) electrons. The molecule has 234 valence electrons. The molecule has 0 spiro atoms. The first-order valence-corrected chi connectivity index (χ1v) is 14.2. The largest absolute Gasteiger partial charge is 0.444 e. The van der Waals surface area contributed by atoms with Crippen molar-refractivity contribution in [3.8, 4) is 0 Å². The fourth-order valence-corrected chi connectivity index (χ4v) is 5.67. The number of piperazine rings is 1. The maximum absolute atomic E-state index is 13.6. The van der Waals surface area contributed by atoms with E-state index in [4.69, 9.17) is 10.5 Å². The Morgan fingerprint density at radius 3 is 2.26 bits per heavy atom. The lowest BCUT2D eigenvalue weighted by molar-refractivity contribution is -0.169. The Bertz CT molecular complexity index is 1320. The van der Waals surface area contributed by atoms with Crippen molar-refractivity contribution in [2.45, 2.75) is 63.4 Å². The van der Waals surface area contributed by atoms with E-state index in [1.165, 1.54) is 14.7 Å². The number of hydrogen-bond acceptors (Lipinski definition) is 5. The highest BCUT2D eigenvalue weighted by atomic mass is 79.9. The van der Waals surface area contributed by atoms with Crippen LogP contribution in [0.4, 0.5) is 31.1 Å². The molecular weight excluding hydrogens is 650 g/mol. The number of carbonyl (C=O) groups is 3. The molecule has 15 heteroatoms. The van der Waals surface area contributed by atoms with Gasteiger partial charge in [-0.05, 0) is 61.2 Å². The van der Waals surface area contributed by atoms with Gasteiger partial charge in [0.05, 0.1) is 17.7 Å². The van der Waals surface area contributed by atoms with E-state index in [0.29, 0.717) is 31.5 Å². The van der Waals surface area contributed by atoms with Crippen molar-refractivity contribution in [3.05, 3.63) is 69.2 Å². The number of unbranched alkanes of at least 4 members (excludes halogenated alkanes) is 1. The van der Waals surface area contributed by atoms with Crippen molar-refractivity contribution in [1.29, 1.82) is 0 Å². The zero-order valence-corrected chi connectivity index (χ0v) is 24.3. The first-order valence-electron chi connectivity index (χ1n) is 13.5. The van der Waals surface area contributed by atoms with Crippen molar-refractivity contribution in [2.75, 3.05) is 19.6 Å². The molecule has 2 aliphatic rings. The van der Waals surface area contributed by atoms with Gasteiger partial charge in [0.25, 0.3) is 0 Å². The van der Waals surface area contributed by atoms with Gasteiger partial charge < -0.3 is 20.3 Å². The van der Waals surface area contributed by atoms with Crippen LogP contribution >= 0.6 is 15.9 Å². The number of benzene rings is 2. The van der Waals surface area contributed by atoms with Crippen molar-refractivity contribution < 1.29 is 45.5 Å². The van der Waals surface area contributed by atoms with Gasteiger partial charge in [0.1, 0.15) is 18.8 Å². The summed E-state index contributed by atoms with van der Waals surface area (Å²) in [6.45, 7) is -0.511. The van der Waals surface area contributed by atoms with Gasteiger partial charge in [-0.25, -0.2) is 4.79 Å². The molecule has 2 aromatic rings. The van der Waals surface area contributed by atoms with Crippen LogP contribution in [0.15, 0.2) is 46.9 Å². The van der Waals surface area contributed by atoms with E-state index in [1.54, 1.807) is 12.1 Å². The number of amides is 3. The average molecular weight is 679 g/mol. The van der Waals surface area contributed by atoms with Gasteiger partial charge >= 0.3 is 18.4 Å². The second-order valence-corrected chi connectivity index (χ2v) is 11.2. The number of rotatable bonds is 8. The summed E-state index contributed by atoms with van der Waals surface area (Å²) in [5.74, 6) is -0.662. The zero-order valence-electron chi connectivity index (χ0n) is 22.8. The molecule has 2 aromatic carbocycles. The highest BCUT2D eigenvalue weighted by Gasteiger charge is 2.49. The van der Waals surface area contributed by atoms with E-state index in [-0.39, 0.29) is 50.4 Å². The van der Waals surface area contributed by atoms with E-state index in [1.807, 2.05) is 12.1 Å². The average Bonchev–Trinajstić information content (AvgIpc) is 2.94. The Labute approximate surface area is 251 Å². The van der Waals surface area contributed by atoms with Gasteiger partial charge in [-0.1, -0.05) is 34.1 Å². The van der Waals surface area contributed by atoms with Crippen LogP contribution in [-0.2, 0) is 39.8 Å². The van der Waals surface area contributed by atoms with Crippen LogP contribution in [0.5, 0.6) is 0 Å². The summed E-state index contributed by atoms with van der Waals surface area (Å²) in [4.78, 5) is 44.0. The van der Waals surface area contributed by atoms with Crippen LogP contribution in [0.2, 0.25) is 0 Å². The second-order valence-electron chi connectivity index (χ2n) is 10.3. The normalized spacial score (nSPS) is 19.5. The van der Waals surface area contributed by atoms with Crippen LogP contribution in [0, 0.1) is 0 Å². The lowest BCUT2D eigenvalue weighted by Crippen LogP contribution is -2.71. The van der Waals surface area contributed by atoms with Crippen LogP contribution in [0.25, 0.3) is 0 Å². The number of alkyl halides is 6. The molecule has 2 aliphatic heterocycles. The van der Waals surface area contributed by atoms with Crippen molar-refractivity contribution >= 4 is 33.8 Å².